The second-order valence-electron chi connectivity index (χ2n) is 14.0. The second kappa shape index (κ2) is 12.6. The molecule has 258 valence electrons. The number of hydrogen-bond acceptors (Lipinski definition) is 3. The smallest absolute Gasteiger partial charge is 0.143 e. The highest BCUT2D eigenvalue weighted by atomic mass is 16.3. The van der Waals surface area contributed by atoms with E-state index in [4.69, 9.17) is 8.83 Å². The molecule has 55 heavy (non-hydrogen) atoms. The molecule has 11 rings (SSSR count). The SMILES string of the molecule is c1cc(-c2ccc(-c3cccc4ccccc34)cc2)cc(N(c2ccccc2-c2cccc3c2oc2ccccc23)c2cccc3oc4ccccc4c23)c1. The molecular weight excluding hydrogens is 671 g/mol. The van der Waals surface area contributed by atoms with Gasteiger partial charge < -0.3 is 13.7 Å². The minimum absolute atomic E-state index is 0.848. The molecule has 0 aliphatic carbocycles. The molecule has 3 nitrogen and oxygen atoms in total. The lowest BCUT2D eigenvalue weighted by molar-refractivity contribution is 0.669. The van der Waals surface area contributed by atoms with E-state index in [2.05, 4.69) is 181 Å². The van der Waals surface area contributed by atoms with Crippen LogP contribution in [0.1, 0.15) is 0 Å². The van der Waals surface area contributed by atoms with E-state index in [0.29, 0.717) is 0 Å². The van der Waals surface area contributed by atoms with Crippen molar-refractivity contribution in [2.75, 3.05) is 4.90 Å². The van der Waals surface area contributed by atoms with E-state index in [9.17, 15) is 0 Å². The maximum atomic E-state index is 6.61. The summed E-state index contributed by atoms with van der Waals surface area (Å²) in [5.74, 6) is 0. The third kappa shape index (κ3) is 5.13. The van der Waals surface area contributed by atoms with Crippen LogP contribution in [0.25, 0.3) is 88.0 Å². The number of fused-ring (bicyclic) bond motifs is 7. The Bertz CT molecular complexity index is 3220. The lowest BCUT2D eigenvalue weighted by atomic mass is 9.96. The first kappa shape index (κ1) is 31.2. The topological polar surface area (TPSA) is 29.5 Å². The Kier molecular flexibility index (Phi) is 7.17. The van der Waals surface area contributed by atoms with Crippen LogP contribution in [0.5, 0.6) is 0 Å². The molecule has 11 aromatic rings. The summed E-state index contributed by atoms with van der Waals surface area (Å²) < 4.78 is 13.1. The number of anilines is 3. The molecule has 2 heterocycles. The van der Waals surface area contributed by atoms with E-state index in [1.165, 1.54) is 21.9 Å². The van der Waals surface area contributed by atoms with Crippen molar-refractivity contribution in [2.24, 2.45) is 0 Å². The molecule has 2 aromatic heterocycles. The molecule has 0 saturated carbocycles. The fourth-order valence-electron chi connectivity index (χ4n) is 8.35. The minimum atomic E-state index is 0.848. The van der Waals surface area contributed by atoms with Gasteiger partial charge in [0.2, 0.25) is 0 Å². The molecule has 9 aromatic carbocycles. The van der Waals surface area contributed by atoms with Crippen molar-refractivity contribution in [3.8, 4) is 33.4 Å². The van der Waals surface area contributed by atoms with Gasteiger partial charge in [-0.15, -0.1) is 0 Å². The third-order valence-corrected chi connectivity index (χ3v) is 10.9. The number of nitrogens with zero attached hydrogens (tertiary/aromatic N) is 1. The number of furan rings is 2. The van der Waals surface area contributed by atoms with Crippen molar-refractivity contribution in [1.29, 1.82) is 0 Å². The Morgan fingerprint density at radius 1 is 0.327 bits per heavy atom. The summed E-state index contributed by atoms with van der Waals surface area (Å²) in [6.45, 7) is 0. The van der Waals surface area contributed by atoms with Gasteiger partial charge in [0.1, 0.15) is 22.3 Å². The van der Waals surface area contributed by atoms with Crippen molar-refractivity contribution in [1.82, 2.24) is 0 Å². The summed E-state index contributed by atoms with van der Waals surface area (Å²) in [7, 11) is 0. The zero-order valence-corrected chi connectivity index (χ0v) is 29.8. The summed E-state index contributed by atoms with van der Waals surface area (Å²) in [4.78, 5) is 2.38. The van der Waals surface area contributed by atoms with Gasteiger partial charge >= 0.3 is 0 Å². The molecule has 0 saturated heterocycles. The molecule has 0 aliphatic rings. The molecule has 0 radical (unpaired) electrons. The predicted molar refractivity (Wildman–Crippen MR) is 229 cm³/mol. The summed E-state index contributed by atoms with van der Waals surface area (Å²) in [5, 5.41) is 6.87. The van der Waals surface area contributed by atoms with Gasteiger partial charge in [-0.05, 0) is 75.5 Å². The summed E-state index contributed by atoms with van der Waals surface area (Å²) in [5.41, 5.74) is 13.4. The van der Waals surface area contributed by atoms with E-state index in [1.807, 2.05) is 24.3 Å². The molecule has 0 amide bonds. The zero-order valence-electron chi connectivity index (χ0n) is 29.8. The molecule has 0 bridgehead atoms. The standard InChI is InChI=1S/C52H33NO2/c1-2-17-39-35(13-1)14-10-21-40(39)36-31-29-34(30-32-36)37-15-9-16-38(33-37)53(47-25-12-28-50-51(47)45-20-5-8-27-49(45)54-50)46-24-6-3-18-41(46)43-22-11-23-44-42-19-4-7-26-48(42)55-52(43)44/h1-33H. The molecule has 3 heteroatoms. The fraction of sp³-hybridized carbons (Fsp3) is 0. The highest BCUT2D eigenvalue weighted by Crippen LogP contribution is 2.48. The summed E-state index contributed by atoms with van der Waals surface area (Å²) >= 11 is 0. The van der Waals surface area contributed by atoms with Crippen molar-refractivity contribution < 1.29 is 8.83 Å². The molecular formula is C52H33NO2. The first-order valence-electron chi connectivity index (χ1n) is 18.7. The lowest BCUT2D eigenvalue weighted by Gasteiger charge is -2.29. The predicted octanol–water partition coefficient (Wildman–Crippen LogP) is 15.1. The zero-order chi connectivity index (χ0) is 36.3. The van der Waals surface area contributed by atoms with Crippen LogP contribution in [0.2, 0.25) is 0 Å². The molecule has 0 aliphatic heterocycles. The first-order valence-corrected chi connectivity index (χ1v) is 18.7. The van der Waals surface area contributed by atoms with Crippen molar-refractivity contribution >= 4 is 71.7 Å². The maximum absolute atomic E-state index is 6.61. The average Bonchev–Trinajstić information content (AvgIpc) is 3.83. The fourth-order valence-corrected chi connectivity index (χ4v) is 8.35. The van der Waals surface area contributed by atoms with Crippen LogP contribution in [0.4, 0.5) is 17.1 Å². The Hall–Kier alpha value is -7.36. The van der Waals surface area contributed by atoms with Crippen molar-refractivity contribution in [3.63, 3.8) is 0 Å². The third-order valence-electron chi connectivity index (χ3n) is 10.9. The Balaban J connectivity index is 1.11. The Morgan fingerprint density at radius 3 is 1.80 bits per heavy atom. The van der Waals surface area contributed by atoms with E-state index in [-0.39, 0.29) is 0 Å². The molecule has 0 atom stereocenters. The van der Waals surface area contributed by atoms with Crippen molar-refractivity contribution in [2.45, 2.75) is 0 Å². The van der Waals surface area contributed by atoms with Gasteiger partial charge in [-0.25, -0.2) is 0 Å². The molecule has 0 unspecified atom stereocenters. The summed E-state index contributed by atoms with van der Waals surface area (Å²) in [6.07, 6.45) is 0. The van der Waals surface area contributed by atoms with Crippen LogP contribution < -0.4 is 4.90 Å². The normalized spacial score (nSPS) is 11.6. The summed E-state index contributed by atoms with van der Waals surface area (Å²) in [6, 6.07) is 70.9. The van der Waals surface area contributed by atoms with Gasteiger partial charge in [-0.2, -0.15) is 0 Å². The van der Waals surface area contributed by atoms with Crippen LogP contribution in [-0.4, -0.2) is 0 Å². The van der Waals surface area contributed by atoms with Crippen LogP contribution in [0, 0.1) is 0 Å². The van der Waals surface area contributed by atoms with Gasteiger partial charge in [0.05, 0.1) is 16.8 Å². The minimum Gasteiger partial charge on any atom is -0.456 e. The van der Waals surface area contributed by atoms with Gasteiger partial charge in [0, 0.05) is 33.0 Å². The van der Waals surface area contributed by atoms with E-state index in [1.54, 1.807) is 0 Å². The lowest BCUT2D eigenvalue weighted by Crippen LogP contribution is -2.11. The van der Waals surface area contributed by atoms with Gasteiger partial charge in [-0.1, -0.05) is 158 Å². The van der Waals surface area contributed by atoms with E-state index in [0.717, 1.165) is 83.2 Å². The monoisotopic (exact) mass is 703 g/mol. The molecule has 0 N–H and O–H groups in total. The van der Waals surface area contributed by atoms with E-state index >= 15 is 0 Å². The molecule has 0 fully saturated rings. The number of hydrogen-bond donors (Lipinski definition) is 0. The van der Waals surface area contributed by atoms with Gasteiger partial charge in [0.25, 0.3) is 0 Å². The van der Waals surface area contributed by atoms with Crippen LogP contribution in [-0.2, 0) is 0 Å². The van der Waals surface area contributed by atoms with Crippen LogP contribution >= 0.6 is 0 Å². The number of para-hydroxylation sites is 4. The largest absolute Gasteiger partial charge is 0.456 e. The quantitative estimate of drug-likeness (QED) is 0.173. The van der Waals surface area contributed by atoms with Crippen LogP contribution in [0.3, 0.4) is 0 Å². The van der Waals surface area contributed by atoms with E-state index < -0.39 is 0 Å². The highest BCUT2D eigenvalue weighted by molar-refractivity contribution is 6.15. The maximum Gasteiger partial charge on any atom is 0.143 e. The molecule has 0 spiro atoms. The van der Waals surface area contributed by atoms with Gasteiger partial charge in [0.15, 0.2) is 0 Å². The first-order chi connectivity index (χ1) is 27.3. The van der Waals surface area contributed by atoms with Gasteiger partial charge in [-0.3, -0.25) is 0 Å². The van der Waals surface area contributed by atoms with Crippen molar-refractivity contribution in [3.05, 3.63) is 200 Å². The second-order valence-corrected chi connectivity index (χ2v) is 14.0. The Labute approximate surface area is 317 Å². The average molecular weight is 704 g/mol. The highest BCUT2D eigenvalue weighted by Gasteiger charge is 2.23. The Morgan fingerprint density at radius 2 is 0.909 bits per heavy atom. The van der Waals surface area contributed by atoms with Crippen LogP contribution in [0.15, 0.2) is 209 Å². The number of rotatable bonds is 6. The number of benzene rings is 9.